The summed E-state index contributed by atoms with van der Waals surface area (Å²) in [6, 6.07) is 18.8. The van der Waals surface area contributed by atoms with Crippen LogP contribution in [0.15, 0.2) is 54.6 Å². The van der Waals surface area contributed by atoms with Crippen molar-refractivity contribution in [1.82, 2.24) is 9.80 Å². The quantitative estimate of drug-likeness (QED) is 0.853. The molecule has 0 saturated carbocycles. The Bertz CT molecular complexity index is 746. The van der Waals surface area contributed by atoms with Crippen molar-refractivity contribution < 1.29 is 9.90 Å². The molecule has 5 heteroatoms. The molecule has 0 bridgehead atoms. The molecule has 0 unspecified atom stereocenters. The van der Waals surface area contributed by atoms with Gasteiger partial charge in [0.1, 0.15) is 0 Å². The first-order chi connectivity index (χ1) is 12.9. The van der Waals surface area contributed by atoms with Gasteiger partial charge in [-0.15, -0.1) is 0 Å². The fraction of sp³-hybridized carbons (Fsp3) is 0.409. The molecule has 5 nitrogen and oxygen atoms in total. The number of benzene rings is 2. The van der Waals surface area contributed by atoms with Gasteiger partial charge in [-0.1, -0.05) is 30.3 Å². The molecule has 27 heavy (non-hydrogen) atoms. The lowest BCUT2D eigenvalue weighted by atomic mass is 10.0. The highest BCUT2D eigenvalue weighted by Crippen LogP contribution is 2.26. The predicted molar refractivity (Wildman–Crippen MR) is 109 cm³/mol. The summed E-state index contributed by atoms with van der Waals surface area (Å²) in [6.45, 7) is 2.17. The number of nitrogens with zero attached hydrogens (tertiary/aromatic N) is 3. The predicted octanol–water partition coefficient (Wildman–Crippen LogP) is 2.73. The van der Waals surface area contributed by atoms with Crippen LogP contribution < -0.4 is 4.90 Å². The third kappa shape index (κ3) is 4.87. The smallest absolute Gasteiger partial charge is 0.222 e. The van der Waals surface area contributed by atoms with Crippen LogP contribution in [0, 0.1) is 5.92 Å². The maximum Gasteiger partial charge on any atom is 0.222 e. The van der Waals surface area contributed by atoms with Crippen LogP contribution in [0.5, 0.6) is 0 Å². The van der Waals surface area contributed by atoms with Crippen LogP contribution in [0.25, 0.3) is 0 Å². The van der Waals surface area contributed by atoms with Gasteiger partial charge in [-0.3, -0.25) is 9.69 Å². The van der Waals surface area contributed by atoms with Crippen LogP contribution >= 0.6 is 0 Å². The molecule has 0 aromatic heterocycles. The minimum atomic E-state index is -0.433. The number of carbonyl (C=O) groups is 1. The number of hydrogen-bond donors (Lipinski definition) is 1. The molecular weight excluding hydrogens is 338 g/mol. The van der Waals surface area contributed by atoms with Gasteiger partial charge in [-0.2, -0.15) is 0 Å². The Kier molecular flexibility index (Phi) is 6.14. The number of carbonyl (C=O) groups excluding carboxylic acids is 1. The minimum absolute atomic E-state index is 0.0170. The number of para-hydroxylation sites is 1. The molecule has 2 atom stereocenters. The van der Waals surface area contributed by atoms with Gasteiger partial charge in [-0.25, -0.2) is 0 Å². The van der Waals surface area contributed by atoms with Crippen LogP contribution in [0.3, 0.4) is 0 Å². The van der Waals surface area contributed by atoms with E-state index in [4.69, 9.17) is 0 Å². The number of aliphatic hydroxyl groups excluding tert-OH is 1. The van der Waals surface area contributed by atoms with E-state index >= 15 is 0 Å². The summed E-state index contributed by atoms with van der Waals surface area (Å²) in [5.41, 5.74) is 3.51. The number of rotatable bonds is 6. The van der Waals surface area contributed by atoms with Crippen LogP contribution in [0.2, 0.25) is 0 Å². The maximum atomic E-state index is 11.9. The molecule has 144 valence electrons. The molecular formula is C22H29N3O2. The number of likely N-dealkylation sites (tertiary alicyclic amines) is 1. The van der Waals surface area contributed by atoms with Gasteiger partial charge >= 0.3 is 0 Å². The molecule has 0 radical (unpaired) electrons. The summed E-state index contributed by atoms with van der Waals surface area (Å²) in [4.78, 5) is 17.9. The highest BCUT2D eigenvalue weighted by molar-refractivity contribution is 5.75. The first kappa shape index (κ1) is 19.4. The molecule has 1 heterocycles. The van der Waals surface area contributed by atoms with Crippen molar-refractivity contribution in [2.24, 2.45) is 5.92 Å². The van der Waals surface area contributed by atoms with Gasteiger partial charge in [0.15, 0.2) is 0 Å². The number of anilines is 2. The normalized spacial score (nSPS) is 19.9. The zero-order valence-electron chi connectivity index (χ0n) is 16.4. The Morgan fingerprint density at radius 1 is 1.00 bits per heavy atom. The van der Waals surface area contributed by atoms with Gasteiger partial charge in [0.2, 0.25) is 5.91 Å². The average molecular weight is 367 g/mol. The van der Waals surface area contributed by atoms with Crippen LogP contribution in [-0.2, 0) is 11.3 Å². The number of aliphatic hydroxyl groups is 1. The summed E-state index contributed by atoms with van der Waals surface area (Å²) in [5, 5.41) is 10.3. The van der Waals surface area contributed by atoms with Gasteiger partial charge in [0.25, 0.3) is 0 Å². The lowest BCUT2D eigenvalue weighted by Gasteiger charge is -2.21. The van der Waals surface area contributed by atoms with Crippen LogP contribution in [0.1, 0.15) is 12.0 Å². The first-order valence-electron chi connectivity index (χ1n) is 9.42. The second-order valence-electron chi connectivity index (χ2n) is 7.57. The van der Waals surface area contributed by atoms with E-state index in [1.165, 1.54) is 5.56 Å². The van der Waals surface area contributed by atoms with E-state index in [0.717, 1.165) is 24.5 Å². The van der Waals surface area contributed by atoms with E-state index in [1.807, 2.05) is 18.2 Å². The van der Waals surface area contributed by atoms with E-state index < -0.39 is 6.10 Å². The second-order valence-corrected chi connectivity index (χ2v) is 7.57. The van der Waals surface area contributed by atoms with E-state index in [1.54, 1.807) is 19.0 Å². The largest absolute Gasteiger partial charge is 0.391 e. The Morgan fingerprint density at radius 3 is 2.26 bits per heavy atom. The van der Waals surface area contributed by atoms with E-state index in [9.17, 15) is 9.90 Å². The average Bonchev–Trinajstić information content (AvgIpc) is 3.01. The zero-order chi connectivity index (χ0) is 19.4. The van der Waals surface area contributed by atoms with Crippen LogP contribution in [-0.4, -0.2) is 61.2 Å². The maximum absolute atomic E-state index is 11.9. The van der Waals surface area contributed by atoms with Gasteiger partial charge < -0.3 is 14.9 Å². The van der Waals surface area contributed by atoms with Crippen molar-refractivity contribution in [2.75, 3.05) is 39.1 Å². The summed E-state index contributed by atoms with van der Waals surface area (Å²) in [5.74, 6) is 0.0950. The second kappa shape index (κ2) is 8.55. The Hall–Kier alpha value is -2.37. The van der Waals surface area contributed by atoms with Gasteiger partial charge in [0.05, 0.1) is 6.10 Å². The molecule has 1 aliphatic rings. The van der Waals surface area contributed by atoms with Crippen molar-refractivity contribution >= 4 is 17.3 Å². The molecule has 1 aliphatic heterocycles. The molecule has 1 amide bonds. The van der Waals surface area contributed by atoms with Crippen molar-refractivity contribution in [3.05, 3.63) is 60.2 Å². The first-order valence-corrected chi connectivity index (χ1v) is 9.42. The molecule has 1 fully saturated rings. The van der Waals surface area contributed by atoms with Crippen molar-refractivity contribution in [3.63, 3.8) is 0 Å². The topological polar surface area (TPSA) is 47.0 Å². The molecule has 0 aliphatic carbocycles. The van der Waals surface area contributed by atoms with Crippen molar-refractivity contribution in [2.45, 2.75) is 19.1 Å². The highest BCUT2D eigenvalue weighted by Gasteiger charge is 2.32. The van der Waals surface area contributed by atoms with E-state index in [-0.39, 0.29) is 11.8 Å². The van der Waals surface area contributed by atoms with E-state index in [2.05, 4.69) is 53.2 Å². The number of amides is 1. The minimum Gasteiger partial charge on any atom is -0.391 e. The molecule has 1 saturated heterocycles. The van der Waals surface area contributed by atoms with E-state index in [0.29, 0.717) is 13.0 Å². The Labute approximate surface area is 161 Å². The Balaban J connectivity index is 1.58. The zero-order valence-corrected chi connectivity index (χ0v) is 16.4. The SMILES string of the molecule is CN(C)C(=O)C[C@@H]1CN(Cc2ccc(N(C)c3ccccc3)cc2)C[C@H]1O. The lowest BCUT2D eigenvalue weighted by Crippen LogP contribution is -2.28. The Morgan fingerprint density at radius 2 is 1.63 bits per heavy atom. The third-order valence-electron chi connectivity index (χ3n) is 5.29. The van der Waals surface area contributed by atoms with Crippen molar-refractivity contribution in [1.29, 1.82) is 0 Å². The molecule has 3 rings (SSSR count). The number of hydrogen-bond acceptors (Lipinski definition) is 4. The molecule has 2 aromatic carbocycles. The number of β-amino-alcohol motifs (C(OH)–C–C–N with tert-alkyl or cyclic N) is 1. The van der Waals surface area contributed by atoms with Crippen LogP contribution in [0.4, 0.5) is 11.4 Å². The summed E-state index contributed by atoms with van der Waals surface area (Å²) >= 11 is 0. The summed E-state index contributed by atoms with van der Waals surface area (Å²) in [6.07, 6.45) is -0.0248. The molecule has 2 aromatic rings. The van der Waals surface area contributed by atoms with Gasteiger partial charge in [0, 0.05) is 64.5 Å². The standard InChI is InChI=1S/C22H29N3O2/c1-23(2)22(27)13-18-15-25(16-21(18)26)14-17-9-11-20(12-10-17)24(3)19-7-5-4-6-8-19/h4-12,18,21,26H,13-16H2,1-3H3/t18-,21-/m1/s1. The highest BCUT2D eigenvalue weighted by atomic mass is 16.3. The summed E-state index contributed by atoms with van der Waals surface area (Å²) in [7, 11) is 5.58. The summed E-state index contributed by atoms with van der Waals surface area (Å²) < 4.78 is 0. The molecule has 0 spiro atoms. The lowest BCUT2D eigenvalue weighted by molar-refractivity contribution is -0.130. The van der Waals surface area contributed by atoms with Gasteiger partial charge in [-0.05, 0) is 29.8 Å². The van der Waals surface area contributed by atoms with Crippen molar-refractivity contribution in [3.8, 4) is 0 Å². The fourth-order valence-corrected chi connectivity index (χ4v) is 3.56. The third-order valence-corrected chi connectivity index (χ3v) is 5.29. The molecule has 1 N–H and O–H groups in total. The monoisotopic (exact) mass is 367 g/mol. The fourth-order valence-electron chi connectivity index (χ4n) is 3.56.